The number of piperidine rings is 1. The quantitative estimate of drug-likeness (QED) is 0.572. The number of carbonyl (C=O) groups is 1. The molecule has 0 unspecified atom stereocenters. The molecule has 3 heteroatoms. The van der Waals surface area contributed by atoms with Crippen molar-refractivity contribution in [1.29, 1.82) is 0 Å². The molecule has 0 radical (unpaired) electrons. The first-order valence-electron chi connectivity index (χ1n) is 6.04. The Balaban J connectivity index is 2.38. The van der Waals surface area contributed by atoms with E-state index in [2.05, 4.69) is 10.8 Å². The summed E-state index contributed by atoms with van der Waals surface area (Å²) in [5.74, 6) is 2.01. The van der Waals surface area contributed by atoms with Crippen LogP contribution in [-0.2, 0) is 4.79 Å². The van der Waals surface area contributed by atoms with Gasteiger partial charge in [0.15, 0.2) is 0 Å². The fraction of sp³-hybridized carbons (Fsp3) is 0.769. The highest BCUT2D eigenvalue weighted by Gasteiger charge is 2.39. The normalized spacial score (nSPS) is 20.2. The molecule has 0 aliphatic carbocycles. The number of carboxylic acid groups (broad SMARTS) is 1. The molecule has 0 saturated carbocycles. The second kappa shape index (κ2) is 5.91. The average Bonchev–Trinajstić information content (AvgIpc) is 2.30. The number of hydrogen-bond acceptors (Lipinski definition) is 2. The van der Waals surface area contributed by atoms with Crippen molar-refractivity contribution in [2.75, 3.05) is 19.6 Å². The molecule has 0 aromatic carbocycles. The number of terminal acetylenes is 1. The van der Waals surface area contributed by atoms with Gasteiger partial charge in [0.25, 0.3) is 0 Å². The average molecular weight is 223 g/mol. The molecule has 1 N–H and O–H groups in total. The van der Waals surface area contributed by atoms with E-state index >= 15 is 0 Å². The van der Waals surface area contributed by atoms with Gasteiger partial charge in [-0.2, -0.15) is 0 Å². The van der Waals surface area contributed by atoms with Crippen LogP contribution < -0.4 is 0 Å². The largest absolute Gasteiger partial charge is 0.481 e. The third-order valence-electron chi connectivity index (χ3n) is 3.74. The number of unbranched alkanes of at least 4 members (excludes halogenated alkanes) is 1. The lowest BCUT2D eigenvalue weighted by molar-refractivity contribution is -0.152. The monoisotopic (exact) mass is 223 g/mol. The second-order valence-corrected chi connectivity index (χ2v) is 4.59. The van der Waals surface area contributed by atoms with Gasteiger partial charge >= 0.3 is 5.97 Å². The van der Waals surface area contributed by atoms with Crippen molar-refractivity contribution >= 4 is 5.97 Å². The lowest BCUT2D eigenvalue weighted by Crippen LogP contribution is -2.44. The Morgan fingerprint density at radius 3 is 2.56 bits per heavy atom. The number of nitrogens with zero attached hydrogens (tertiary/aromatic N) is 1. The van der Waals surface area contributed by atoms with Crippen LogP contribution in [0.4, 0.5) is 0 Å². The summed E-state index contributed by atoms with van der Waals surface area (Å²) in [6, 6.07) is 0. The zero-order valence-corrected chi connectivity index (χ0v) is 10.0. The molecule has 1 aliphatic rings. The highest BCUT2D eigenvalue weighted by Crippen LogP contribution is 2.35. The van der Waals surface area contributed by atoms with Gasteiger partial charge in [0.05, 0.1) is 5.41 Å². The smallest absolute Gasteiger partial charge is 0.309 e. The maximum absolute atomic E-state index is 11.2. The minimum atomic E-state index is -0.627. The van der Waals surface area contributed by atoms with Crippen molar-refractivity contribution in [3.05, 3.63) is 0 Å². The van der Waals surface area contributed by atoms with Gasteiger partial charge in [-0.3, -0.25) is 4.79 Å². The molecule has 0 aromatic rings. The van der Waals surface area contributed by atoms with Crippen molar-refractivity contribution < 1.29 is 9.90 Å². The van der Waals surface area contributed by atoms with E-state index in [1.807, 2.05) is 6.92 Å². The van der Waals surface area contributed by atoms with Gasteiger partial charge in [0.1, 0.15) is 0 Å². The predicted octanol–water partition coefficient (Wildman–Crippen LogP) is 1.98. The molecule has 0 aromatic heterocycles. The van der Waals surface area contributed by atoms with Crippen LogP contribution in [0.15, 0.2) is 0 Å². The van der Waals surface area contributed by atoms with E-state index in [0.717, 1.165) is 51.7 Å². The maximum atomic E-state index is 11.2. The van der Waals surface area contributed by atoms with E-state index in [9.17, 15) is 9.90 Å². The molecule has 0 spiro atoms. The van der Waals surface area contributed by atoms with E-state index in [1.165, 1.54) is 0 Å². The zero-order chi connectivity index (χ0) is 12.0. The third kappa shape index (κ3) is 2.99. The van der Waals surface area contributed by atoms with Crippen molar-refractivity contribution in [2.24, 2.45) is 5.41 Å². The number of rotatable bonds is 5. The second-order valence-electron chi connectivity index (χ2n) is 4.59. The van der Waals surface area contributed by atoms with Crippen LogP contribution in [0.5, 0.6) is 0 Å². The summed E-state index contributed by atoms with van der Waals surface area (Å²) in [5.41, 5.74) is -0.470. The third-order valence-corrected chi connectivity index (χ3v) is 3.74. The number of aliphatic carboxylic acids is 1. The molecule has 1 saturated heterocycles. The Kier molecular flexibility index (Phi) is 4.82. The fourth-order valence-electron chi connectivity index (χ4n) is 2.33. The zero-order valence-electron chi connectivity index (χ0n) is 10.0. The summed E-state index contributed by atoms with van der Waals surface area (Å²) in [4.78, 5) is 13.6. The lowest BCUT2D eigenvalue weighted by Gasteiger charge is -2.38. The first-order valence-corrected chi connectivity index (χ1v) is 6.04. The summed E-state index contributed by atoms with van der Waals surface area (Å²) in [7, 11) is 0. The predicted molar refractivity (Wildman–Crippen MR) is 64.1 cm³/mol. The van der Waals surface area contributed by atoms with Gasteiger partial charge in [-0.1, -0.05) is 6.92 Å². The van der Waals surface area contributed by atoms with Crippen LogP contribution in [0.1, 0.15) is 39.0 Å². The van der Waals surface area contributed by atoms with Gasteiger partial charge in [0, 0.05) is 6.42 Å². The van der Waals surface area contributed by atoms with Crippen LogP contribution in [0.2, 0.25) is 0 Å². The molecular formula is C13H21NO2. The first-order chi connectivity index (χ1) is 7.64. The van der Waals surface area contributed by atoms with Crippen LogP contribution in [0, 0.1) is 17.8 Å². The summed E-state index contributed by atoms with van der Waals surface area (Å²) in [5, 5.41) is 9.24. The topological polar surface area (TPSA) is 40.5 Å². The molecule has 0 atom stereocenters. The summed E-state index contributed by atoms with van der Waals surface area (Å²) in [6.07, 6.45) is 9.31. The molecule has 16 heavy (non-hydrogen) atoms. The summed E-state index contributed by atoms with van der Waals surface area (Å²) >= 11 is 0. The van der Waals surface area contributed by atoms with Crippen LogP contribution in [0.25, 0.3) is 0 Å². The standard InChI is InChI=1S/C13H21NO2/c1-3-5-6-9-14-10-7-13(4-2,8-11-14)12(15)16/h1H,4-11H2,2H3,(H,15,16). The molecule has 1 heterocycles. The van der Waals surface area contributed by atoms with Gasteiger partial charge in [-0.25, -0.2) is 0 Å². The summed E-state index contributed by atoms with van der Waals surface area (Å²) in [6.45, 7) is 4.77. The van der Waals surface area contributed by atoms with Gasteiger partial charge in [-0.15, -0.1) is 12.3 Å². The Labute approximate surface area is 97.8 Å². The van der Waals surface area contributed by atoms with Crippen molar-refractivity contribution in [3.8, 4) is 12.3 Å². The Hall–Kier alpha value is -1.01. The molecule has 3 nitrogen and oxygen atoms in total. The molecule has 0 amide bonds. The van der Waals surface area contributed by atoms with Crippen LogP contribution in [-0.4, -0.2) is 35.6 Å². The van der Waals surface area contributed by atoms with Crippen molar-refractivity contribution in [2.45, 2.75) is 39.0 Å². The Morgan fingerprint density at radius 2 is 2.12 bits per heavy atom. The van der Waals surface area contributed by atoms with Crippen molar-refractivity contribution in [1.82, 2.24) is 4.90 Å². The highest BCUT2D eigenvalue weighted by atomic mass is 16.4. The Bertz CT molecular complexity index is 272. The van der Waals surface area contributed by atoms with E-state index < -0.39 is 11.4 Å². The highest BCUT2D eigenvalue weighted by molar-refractivity contribution is 5.74. The lowest BCUT2D eigenvalue weighted by atomic mass is 9.76. The SMILES string of the molecule is C#CCCCN1CCC(CC)(C(=O)O)CC1. The molecule has 1 rings (SSSR count). The van der Waals surface area contributed by atoms with Crippen LogP contribution >= 0.6 is 0 Å². The van der Waals surface area contributed by atoms with E-state index in [4.69, 9.17) is 6.42 Å². The van der Waals surface area contributed by atoms with E-state index in [0.29, 0.717) is 0 Å². The minimum absolute atomic E-state index is 0.470. The Morgan fingerprint density at radius 1 is 1.50 bits per heavy atom. The fourth-order valence-corrected chi connectivity index (χ4v) is 2.33. The van der Waals surface area contributed by atoms with Crippen molar-refractivity contribution in [3.63, 3.8) is 0 Å². The van der Waals surface area contributed by atoms with E-state index in [1.54, 1.807) is 0 Å². The van der Waals surface area contributed by atoms with Gasteiger partial charge in [0.2, 0.25) is 0 Å². The molecular weight excluding hydrogens is 202 g/mol. The molecule has 1 fully saturated rings. The van der Waals surface area contributed by atoms with Gasteiger partial charge < -0.3 is 10.0 Å². The number of carboxylic acids is 1. The molecule has 90 valence electrons. The molecule has 0 bridgehead atoms. The number of hydrogen-bond donors (Lipinski definition) is 1. The van der Waals surface area contributed by atoms with Crippen LogP contribution in [0.3, 0.4) is 0 Å². The number of likely N-dealkylation sites (tertiary alicyclic amines) is 1. The summed E-state index contributed by atoms with van der Waals surface area (Å²) < 4.78 is 0. The first kappa shape index (κ1) is 13.1. The minimum Gasteiger partial charge on any atom is -0.481 e. The van der Waals surface area contributed by atoms with E-state index in [-0.39, 0.29) is 0 Å². The van der Waals surface area contributed by atoms with Gasteiger partial charge in [-0.05, 0) is 45.3 Å². The molecule has 1 aliphatic heterocycles. The maximum Gasteiger partial charge on any atom is 0.309 e.